The van der Waals surface area contributed by atoms with E-state index in [1.54, 1.807) is 10.4 Å². The van der Waals surface area contributed by atoms with Crippen LogP contribution in [0.25, 0.3) is 0 Å². The van der Waals surface area contributed by atoms with E-state index in [0.717, 1.165) is 18.4 Å². The molecule has 1 fully saturated rings. The third-order valence-corrected chi connectivity index (χ3v) is 7.41. The summed E-state index contributed by atoms with van der Waals surface area (Å²) in [5.74, 6) is 1.30. The summed E-state index contributed by atoms with van der Waals surface area (Å²) in [6, 6.07) is 1.80. The Morgan fingerprint density at radius 2 is 2.05 bits per heavy atom. The average molecular weight is 316 g/mol. The number of hydrogen-bond donors (Lipinski definition) is 1. The van der Waals surface area contributed by atoms with E-state index >= 15 is 0 Å². The first-order valence-electron chi connectivity index (χ1n) is 7.17. The number of thiophene rings is 1. The van der Waals surface area contributed by atoms with Gasteiger partial charge in [-0.05, 0) is 48.7 Å². The summed E-state index contributed by atoms with van der Waals surface area (Å²) >= 11 is 1.33. The van der Waals surface area contributed by atoms with Gasteiger partial charge in [-0.25, -0.2) is 8.42 Å². The van der Waals surface area contributed by atoms with Crippen LogP contribution in [-0.4, -0.2) is 32.9 Å². The van der Waals surface area contributed by atoms with E-state index in [4.69, 9.17) is 0 Å². The van der Waals surface area contributed by atoms with Crippen LogP contribution < -0.4 is 5.32 Å². The highest BCUT2D eigenvalue weighted by molar-refractivity contribution is 7.91. The molecule has 2 rings (SSSR count). The van der Waals surface area contributed by atoms with Crippen LogP contribution in [-0.2, 0) is 16.6 Å². The highest BCUT2D eigenvalue weighted by Gasteiger charge is 2.31. The Morgan fingerprint density at radius 1 is 1.40 bits per heavy atom. The monoisotopic (exact) mass is 316 g/mol. The van der Waals surface area contributed by atoms with Gasteiger partial charge in [-0.1, -0.05) is 13.8 Å². The minimum Gasteiger partial charge on any atom is -0.316 e. The van der Waals surface area contributed by atoms with E-state index in [1.807, 2.05) is 12.4 Å². The van der Waals surface area contributed by atoms with Crippen LogP contribution in [0.5, 0.6) is 0 Å². The molecule has 20 heavy (non-hydrogen) atoms. The lowest BCUT2D eigenvalue weighted by Gasteiger charge is -2.32. The minimum absolute atomic E-state index is 0.478. The van der Waals surface area contributed by atoms with Gasteiger partial charge in [0.25, 0.3) is 10.0 Å². The summed E-state index contributed by atoms with van der Waals surface area (Å²) < 4.78 is 27.3. The van der Waals surface area contributed by atoms with Crippen molar-refractivity contribution in [1.82, 2.24) is 9.62 Å². The lowest BCUT2D eigenvalue weighted by molar-refractivity contribution is 0.227. The van der Waals surface area contributed by atoms with Gasteiger partial charge in [0, 0.05) is 19.6 Å². The number of nitrogens with zero attached hydrogens (tertiary/aromatic N) is 1. The van der Waals surface area contributed by atoms with Crippen molar-refractivity contribution < 1.29 is 8.42 Å². The van der Waals surface area contributed by atoms with E-state index in [9.17, 15) is 8.42 Å². The largest absolute Gasteiger partial charge is 0.316 e. The van der Waals surface area contributed by atoms with Gasteiger partial charge in [0.1, 0.15) is 4.21 Å². The molecule has 0 aliphatic carbocycles. The summed E-state index contributed by atoms with van der Waals surface area (Å²) in [6.45, 7) is 6.46. The summed E-state index contributed by atoms with van der Waals surface area (Å²) in [4.78, 5) is 0. The van der Waals surface area contributed by atoms with Crippen molar-refractivity contribution in [3.63, 3.8) is 0 Å². The molecule has 1 aromatic heterocycles. The molecule has 0 saturated carbocycles. The minimum atomic E-state index is -3.28. The molecule has 0 unspecified atom stereocenters. The predicted octanol–water partition coefficient (Wildman–Crippen LogP) is 2.52. The first-order valence-corrected chi connectivity index (χ1v) is 9.49. The van der Waals surface area contributed by atoms with Gasteiger partial charge in [0.2, 0.25) is 0 Å². The first kappa shape index (κ1) is 15.9. The van der Waals surface area contributed by atoms with Crippen molar-refractivity contribution in [1.29, 1.82) is 0 Å². The molecule has 0 radical (unpaired) electrons. The van der Waals surface area contributed by atoms with Crippen molar-refractivity contribution in [2.45, 2.75) is 37.4 Å². The summed E-state index contributed by atoms with van der Waals surface area (Å²) in [6.07, 6.45) is 1.96. The summed E-state index contributed by atoms with van der Waals surface area (Å²) in [5, 5.41) is 4.97. The number of hydrogen-bond acceptors (Lipinski definition) is 4. The molecule has 2 heterocycles. The van der Waals surface area contributed by atoms with E-state index < -0.39 is 10.0 Å². The van der Waals surface area contributed by atoms with Gasteiger partial charge < -0.3 is 5.32 Å². The van der Waals surface area contributed by atoms with Crippen molar-refractivity contribution >= 4 is 21.4 Å². The molecule has 4 nitrogen and oxygen atoms in total. The molecule has 1 saturated heterocycles. The normalized spacial score (nSPS) is 18.8. The second-order valence-electron chi connectivity index (χ2n) is 5.79. The fourth-order valence-electron chi connectivity index (χ4n) is 2.70. The molecular formula is C14H24N2O2S2. The van der Waals surface area contributed by atoms with Crippen molar-refractivity contribution in [2.24, 2.45) is 11.8 Å². The Kier molecular flexibility index (Phi) is 5.23. The summed E-state index contributed by atoms with van der Waals surface area (Å²) in [7, 11) is -1.42. The lowest BCUT2D eigenvalue weighted by Crippen LogP contribution is -2.39. The van der Waals surface area contributed by atoms with Crippen LogP contribution in [0.1, 0.15) is 32.3 Å². The van der Waals surface area contributed by atoms with Gasteiger partial charge in [-0.2, -0.15) is 4.31 Å². The SMILES string of the molecule is CNCc1csc(S(=O)(=O)N2CCC(C(C)C)CC2)c1. The van der Waals surface area contributed by atoms with Crippen LogP contribution in [0.2, 0.25) is 0 Å². The van der Waals surface area contributed by atoms with E-state index in [-0.39, 0.29) is 0 Å². The second-order valence-corrected chi connectivity index (χ2v) is 8.87. The molecule has 1 N–H and O–H groups in total. The maximum atomic E-state index is 12.6. The number of nitrogens with one attached hydrogen (secondary N) is 1. The van der Waals surface area contributed by atoms with Crippen LogP contribution in [0.3, 0.4) is 0 Å². The number of rotatable bonds is 5. The molecule has 1 aliphatic rings. The lowest BCUT2D eigenvalue weighted by atomic mass is 9.87. The molecule has 0 bridgehead atoms. The smallest absolute Gasteiger partial charge is 0.252 e. The second kappa shape index (κ2) is 6.56. The Labute approximate surface area is 126 Å². The topological polar surface area (TPSA) is 49.4 Å². The molecule has 1 aliphatic heterocycles. The van der Waals surface area contributed by atoms with Crippen LogP contribution in [0.4, 0.5) is 0 Å². The third kappa shape index (κ3) is 3.42. The number of piperidine rings is 1. The van der Waals surface area contributed by atoms with E-state index in [0.29, 0.717) is 35.7 Å². The molecule has 0 aromatic carbocycles. The molecule has 6 heteroatoms. The van der Waals surface area contributed by atoms with Gasteiger partial charge in [0.05, 0.1) is 0 Å². The molecule has 1 aromatic rings. The van der Waals surface area contributed by atoms with Crippen LogP contribution in [0.15, 0.2) is 15.7 Å². The molecule has 0 atom stereocenters. The molecule has 0 spiro atoms. The van der Waals surface area contributed by atoms with E-state index in [1.165, 1.54) is 11.3 Å². The zero-order chi connectivity index (χ0) is 14.8. The fraction of sp³-hybridized carbons (Fsp3) is 0.714. The fourth-order valence-corrected chi connectivity index (χ4v) is 5.53. The third-order valence-electron chi connectivity index (χ3n) is 4.05. The predicted molar refractivity (Wildman–Crippen MR) is 83.4 cm³/mol. The standard InChI is InChI=1S/C14H24N2O2S2/c1-11(2)13-4-6-16(7-5-13)20(17,18)14-8-12(9-15-3)10-19-14/h8,10-11,13,15H,4-7,9H2,1-3H3. The maximum Gasteiger partial charge on any atom is 0.252 e. The quantitative estimate of drug-likeness (QED) is 0.908. The van der Waals surface area contributed by atoms with E-state index in [2.05, 4.69) is 19.2 Å². The highest BCUT2D eigenvalue weighted by Crippen LogP contribution is 2.30. The highest BCUT2D eigenvalue weighted by atomic mass is 32.2. The Bertz CT molecular complexity index is 529. The van der Waals surface area contributed by atoms with Gasteiger partial charge >= 0.3 is 0 Å². The van der Waals surface area contributed by atoms with Crippen molar-refractivity contribution in [2.75, 3.05) is 20.1 Å². The van der Waals surface area contributed by atoms with Gasteiger partial charge in [0.15, 0.2) is 0 Å². The van der Waals surface area contributed by atoms with Gasteiger partial charge in [-0.15, -0.1) is 11.3 Å². The molecule has 0 amide bonds. The first-order chi connectivity index (χ1) is 9.45. The van der Waals surface area contributed by atoms with Crippen LogP contribution in [0, 0.1) is 11.8 Å². The van der Waals surface area contributed by atoms with Crippen molar-refractivity contribution in [3.05, 3.63) is 17.0 Å². The zero-order valence-corrected chi connectivity index (χ0v) is 14.1. The maximum absolute atomic E-state index is 12.6. The number of sulfonamides is 1. The Balaban J connectivity index is 2.07. The zero-order valence-electron chi connectivity index (χ0n) is 12.4. The average Bonchev–Trinajstić information content (AvgIpc) is 2.88. The Hall–Kier alpha value is -0.430. The van der Waals surface area contributed by atoms with Gasteiger partial charge in [-0.3, -0.25) is 0 Å². The van der Waals surface area contributed by atoms with Crippen LogP contribution >= 0.6 is 11.3 Å². The molecular weight excluding hydrogens is 292 g/mol. The van der Waals surface area contributed by atoms with Crippen molar-refractivity contribution in [3.8, 4) is 0 Å². The molecule has 114 valence electrons. The summed E-state index contributed by atoms with van der Waals surface area (Å²) in [5.41, 5.74) is 1.04. The Morgan fingerprint density at radius 3 is 2.60 bits per heavy atom.